The Hall–Kier alpha value is -3.15. The lowest BCUT2D eigenvalue weighted by Crippen LogP contribution is -2.29. The molecule has 0 fully saturated rings. The molecule has 0 spiro atoms. The van der Waals surface area contributed by atoms with Crippen LogP contribution in [0.1, 0.15) is 30.5 Å². The van der Waals surface area contributed by atoms with Crippen molar-refractivity contribution in [2.24, 2.45) is 0 Å². The Morgan fingerprint density at radius 3 is 2.81 bits per heavy atom. The summed E-state index contributed by atoms with van der Waals surface area (Å²) in [6, 6.07) is 12.9. The molecule has 3 rings (SSSR count). The first-order valence-corrected chi connectivity index (χ1v) is 8.87. The third-order valence-corrected chi connectivity index (χ3v) is 4.54. The summed E-state index contributed by atoms with van der Waals surface area (Å²) in [5.74, 6) is 0.606. The molecular formula is C21H23N3O3. The number of amides is 1. The smallest absolute Gasteiger partial charge is 0.261 e. The zero-order chi connectivity index (χ0) is 19.4. The number of aromatic nitrogens is 2. The number of nitrogens with zero attached hydrogens (tertiary/aromatic N) is 2. The van der Waals surface area contributed by atoms with Gasteiger partial charge in [-0.3, -0.25) is 14.2 Å². The summed E-state index contributed by atoms with van der Waals surface area (Å²) in [7, 11) is 1.61. The maximum Gasteiger partial charge on any atom is 0.261 e. The molecule has 1 heterocycles. The first-order valence-electron chi connectivity index (χ1n) is 8.87. The molecule has 1 atom stereocenters. The third kappa shape index (κ3) is 4.16. The number of carbonyl (C=O) groups is 1. The van der Waals surface area contributed by atoms with E-state index < -0.39 is 0 Å². The van der Waals surface area contributed by atoms with E-state index in [0.29, 0.717) is 10.9 Å². The van der Waals surface area contributed by atoms with E-state index >= 15 is 0 Å². The van der Waals surface area contributed by atoms with Gasteiger partial charge in [-0.1, -0.05) is 29.8 Å². The lowest BCUT2D eigenvalue weighted by atomic mass is 10.0. The van der Waals surface area contributed by atoms with Crippen LogP contribution in [-0.4, -0.2) is 22.6 Å². The molecule has 3 aromatic rings. The van der Waals surface area contributed by atoms with Crippen LogP contribution in [0, 0.1) is 6.92 Å². The Morgan fingerprint density at radius 2 is 2.04 bits per heavy atom. The minimum atomic E-state index is -0.196. The van der Waals surface area contributed by atoms with Gasteiger partial charge < -0.3 is 10.1 Å². The molecule has 1 unspecified atom stereocenters. The van der Waals surface area contributed by atoms with Gasteiger partial charge in [-0.05, 0) is 32.0 Å². The number of nitrogens with one attached hydrogen (secondary N) is 1. The molecule has 140 valence electrons. The van der Waals surface area contributed by atoms with Gasteiger partial charge in [0, 0.05) is 18.5 Å². The number of aryl methyl sites for hydroxylation is 2. The van der Waals surface area contributed by atoms with Crippen molar-refractivity contribution in [1.29, 1.82) is 0 Å². The fourth-order valence-corrected chi connectivity index (χ4v) is 3.07. The molecule has 27 heavy (non-hydrogen) atoms. The molecule has 0 aliphatic heterocycles. The SMILES string of the molecule is COc1ccc(C)cc1C(C)NC(=O)CCn1cnc2ccccc2c1=O. The summed E-state index contributed by atoms with van der Waals surface area (Å²) in [5, 5.41) is 3.52. The van der Waals surface area contributed by atoms with Gasteiger partial charge in [0.15, 0.2) is 0 Å². The van der Waals surface area contributed by atoms with Crippen LogP contribution in [0.25, 0.3) is 10.9 Å². The minimum Gasteiger partial charge on any atom is -0.496 e. The highest BCUT2D eigenvalue weighted by atomic mass is 16.5. The number of ether oxygens (including phenoxy) is 1. The van der Waals surface area contributed by atoms with Crippen LogP contribution >= 0.6 is 0 Å². The highest BCUT2D eigenvalue weighted by Crippen LogP contribution is 2.26. The fourth-order valence-electron chi connectivity index (χ4n) is 3.07. The van der Waals surface area contributed by atoms with Crippen molar-refractivity contribution in [2.45, 2.75) is 32.9 Å². The number of rotatable bonds is 6. The molecule has 0 radical (unpaired) electrons. The standard InChI is InChI=1S/C21H23N3O3/c1-14-8-9-19(27-3)17(12-14)15(2)23-20(25)10-11-24-13-22-18-7-5-4-6-16(18)21(24)26/h4-9,12-13,15H,10-11H2,1-3H3,(H,23,25). The predicted molar refractivity (Wildman–Crippen MR) is 105 cm³/mol. The molecule has 1 N–H and O–H groups in total. The van der Waals surface area contributed by atoms with Gasteiger partial charge in [-0.2, -0.15) is 0 Å². The summed E-state index contributed by atoms with van der Waals surface area (Å²) in [6.45, 7) is 4.19. The van der Waals surface area contributed by atoms with Crippen molar-refractivity contribution >= 4 is 16.8 Å². The Balaban J connectivity index is 1.67. The Morgan fingerprint density at radius 1 is 1.26 bits per heavy atom. The Labute approximate surface area is 157 Å². The van der Waals surface area contributed by atoms with Crippen molar-refractivity contribution in [3.8, 4) is 5.75 Å². The van der Waals surface area contributed by atoms with E-state index in [1.165, 1.54) is 10.9 Å². The zero-order valence-corrected chi connectivity index (χ0v) is 15.7. The zero-order valence-electron chi connectivity index (χ0n) is 15.7. The number of carbonyl (C=O) groups excluding carboxylic acids is 1. The molecule has 1 aromatic heterocycles. The van der Waals surface area contributed by atoms with Gasteiger partial charge in [0.05, 0.1) is 30.4 Å². The van der Waals surface area contributed by atoms with Gasteiger partial charge >= 0.3 is 0 Å². The summed E-state index contributed by atoms with van der Waals surface area (Å²) < 4.78 is 6.86. The first kappa shape index (κ1) is 18.6. The van der Waals surface area contributed by atoms with Gasteiger partial charge in [0.2, 0.25) is 5.91 Å². The third-order valence-electron chi connectivity index (χ3n) is 4.54. The summed E-state index contributed by atoms with van der Waals surface area (Å²) in [6.07, 6.45) is 1.68. The minimum absolute atomic E-state index is 0.133. The second-order valence-corrected chi connectivity index (χ2v) is 6.54. The lowest BCUT2D eigenvalue weighted by Gasteiger charge is -2.18. The Kier molecular flexibility index (Phi) is 5.54. The molecule has 6 nitrogen and oxygen atoms in total. The summed E-state index contributed by atoms with van der Waals surface area (Å²) in [4.78, 5) is 29.1. The lowest BCUT2D eigenvalue weighted by molar-refractivity contribution is -0.122. The average molecular weight is 365 g/mol. The number of para-hydroxylation sites is 1. The van der Waals surface area contributed by atoms with E-state index in [-0.39, 0.29) is 30.5 Å². The van der Waals surface area contributed by atoms with Crippen LogP contribution in [0.4, 0.5) is 0 Å². The van der Waals surface area contributed by atoms with E-state index in [2.05, 4.69) is 10.3 Å². The van der Waals surface area contributed by atoms with Gasteiger partial charge in [-0.25, -0.2) is 4.98 Å². The van der Waals surface area contributed by atoms with Crippen molar-refractivity contribution in [2.75, 3.05) is 7.11 Å². The second-order valence-electron chi connectivity index (χ2n) is 6.54. The van der Waals surface area contributed by atoms with Crippen LogP contribution in [0.15, 0.2) is 53.6 Å². The molecule has 6 heteroatoms. The maximum atomic E-state index is 12.5. The number of hydrogen-bond acceptors (Lipinski definition) is 4. The van der Waals surface area contributed by atoms with Crippen LogP contribution in [0.5, 0.6) is 5.75 Å². The van der Waals surface area contributed by atoms with Crippen molar-refractivity contribution in [1.82, 2.24) is 14.9 Å². The highest BCUT2D eigenvalue weighted by Gasteiger charge is 2.14. The number of methoxy groups -OCH3 is 1. The monoisotopic (exact) mass is 365 g/mol. The molecule has 0 bridgehead atoms. The van der Waals surface area contributed by atoms with E-state index in [0.717, 1.165) is 16.9 Å². The van der Waals surface area contributed by atoms with Crippen LogP contribution in [0.3, 0.4) is 0 Å². The highest BCUT2D eigenvalue weighted by molar-refractivity contribution is 5.77. The number of benzene rings is 2. The predicted octanol–water partition coefficient (Wildman–Crippen LogP) is 2.98. The molecule has 0 aliphatic rings. The second kappa shape index (κ2) is 8.03. The van der Waals surface area contributed by atoms with Crippen molar-refractivity contribution < 1.29 is 9.53 Å². The van der Waals surface area contributed by atoms with Gasteiger partial charge in [-0.15, -0.1) is 0 Å². The quantitative estimate of drug-likeness (QED) is 0.729. The first-order chi connectivity index (χ1) is 13.0. The summed E-state index contributed by atoms with van der Waals surface area (Å²) >= 11 is 0. The number of fused-ring (bicyclic) bond motifs is 1. The topological polar surface area (TPSA) is 73.2 Å². The van der Waals surface area contributed by atoms with Crippen molar-refractivity contribution in [3.63, 3.8) is 0 Å². The normalized spacial score (nSPS) is 12.0. The van der Waals surface area contributed by atoms with Crippen molar-refractivity contribution in [3.05, 3.63) is 70.3 Å². The number of hydrogen-bond donors (Lipinski definition) is 1. The van der Waals surface area contributed by atoms with E-state index in [4.69, 9.17) is 4.74 Å². The van der Waals surface area contributed by atoms with E-state index in [9.17, 15) is 9.59 Å². The molecule has 0 aliphatic carbocycles. The maximum absolute atomic E-state index is 12.5. The van der Waals surface area contributed by atoms with Crippen LogP contribution in [-0.2, 0) is 11.3 Å². The average Bonchev–Trinajstić information content (AvgIpc) is 2.67. The largest absolute Gasteiger partial charge is 0.496 e. The molecular weight excluding hydrogens is 342 g/mol. The van der Waals surface area contributed by atoms with E-state index in [1.54, 1.807) is 25.3 Å². The van der Waals surface area contributed by atoms with Gasteiger partial charge in [0.25, 0.3) is 5.56 Å². The molecule has 1 amide bonds. The molecule has 0 saturated carbocycles. The molecule has 2 aromatic carbocycles. The summed E-state index contributed by atoms with van der Waals surface area (Å²) in [5.41, 5.74) is 2.54. The molecule has 0 saturated heterocycles. The Bertz CT molecular complexity index is 1030. The van der Waals surface area contributed by atoms with Crippen LogP contribution in [0.2, 0.25) is 0 Å². The van der Waals surface area contributed by atoms with Gasteiger partial charge in [0.1, 0.15) is 5.75 Å². The van der Waals surface area contributed by atoms with E-state index in [1.807, 2.05) is 38.1 Å². The van der Waals surface area contributed by atoms with Crippen LogP contribution < -0.4 is 15.6 Å². The fraction of sp³-hybridized carbons (Fsp3) is 0.286.